The van der Waals surface area contributed by atoms with Crippen molar-refractivity contribution in [3.8, 4) is 0 Å². The number of methoxy groups -OCH3 is 1. The number of rotatable bonds is 2. The van der Waals surface area contributed by atoms with E-state index < -0.39 is 0 Å². The SMILES string of the molecule is COC(=O)C1CC(Cl)(c2ccc(Br)cc2)C1. The van der Waals surface area contributed by atoms with E-state index in [1.54, 1.807) is 0 Å². The molecule has 1 aromatic carbocycles. The summed E-state index contributed by atoms with van der Waals surface area (Å²) in [5.41, 5.74) is 1.07. The van der Waals surface area contributed by atoms with Gasteiger partial charge in [-0.15, -0.1) is 11.6 Å². The van der Waals surface area contributed by atoms with Crippen molar-refractivity contribution in [2.75, 3.05) is 7.11 Å². The fraction of sp³-hybridized carbons (Fsp3) is 0.417. The van der Waals surface area contributed by atoms with Gasteiger partial charge in [-0.2, -0.15) is 0 Å². The second-order valence-corrected chi connectivity index (χ2v) is 5.74. The molecule has 1 aromatic rings. The van der Waals surface area contributed by atoms with Gasteiger partial charge in [-0.3, -0.25) is 4.79 Å². The van der Waals surface area contributed by atoms with Crippen LogP contribution in [-0.2, 0) is 14.4 Å². The maximum atomic E-state index is 11.3. The first kappa shape index (κ1) is 11.9. The lowest BCUT2D eigenvalue weighted by atomic mass is 9.70. The highest BCUT2D eigenvalue weighted by molar-refractivity contribution is 9.10. The summed E-state index contributed by atoms with van der Waals surface area (Å²) in [6, 6.07) is 7.91. The topological polar surface area (TPSA) is 26.3 Å². The zero-order valence-electron chi connectivity index (χ0n) is 8.87. The Balaban J connectivity index is 2.07. The Morgan fingerprint density at radius 1 is 1.44 bits per heavy atom. The number of esters is 1. The van der Waals surface area contributed by atoms with Crippen LogP contribution in [0.1, 0.15) is 18.4 Å². The van der Waals surface area contributed by atoms with Gasteiger partial charge >= 0.3 is 5.97 Å². The Kier molecular flexibility index (Phi) is 3.27. The van der Waals surface area contributed by atoms with Crippen molar-refractivity contribution in [2.45, 2.75) is 17.7 Å². The number of alkyl halides is 1. The zero-order valence-corrected chi connectivity index (χ0v) is 11.2. The summed E-state index contributed by atoms with van der Waals surface area (Å²) in [4.78, 5) is 10.9. The second-order valence-electron chi connectivity index (χ2n) is 4.10. The number of halogens is 2. The molecular weight excluding hydrogens is 291 g/mol. The number of ether oxygens (including phenoxy) is 1. The van der Waals surface area contributed by atoms with Crippen molar-refractivity contribution in [3.05, 3.63) is 34.3 Å². The van der Waals surface area contributed by atoms with Crippen LogP contribution in [0.3, 0.4) is 0 Å². The molecule has 0 heterocycles. The minimum atomic E-state index is -0.389. The van der Waals surface area contributed by atoms with E-state index in [9.17, 15) is 4.79 Å². The third-order valence-electron chi connectivity index (χ3n) is 3.04. The third kappa shape index (κ3) is 2.11. The van der Waals surface area contributed by atoms with Gasteiger partial charge in [0.25, 0.3) is 0 Å². The molecule has 0 radical (unpaired) electrons. The smallest absolute Gasteiger partial charge is 0.308 e. The van der Waals surface area contributed by atoms with Crippen molar-refractivity contribution < 1.29 is 9.53 Å². The monoisotopic (exact) mass is 302 g/mol. The van der Waals surface area contributed by atoms with Crippen LogP contribution in [0.25, 0.3) is 0 Å². The number of benzene rings is 1. The molecule has 16 heavy (non-hydrogen) atoms. The van der Waals surface area contributed by atoms with Crippen molar-refractivity contribution >= 4 is 33.5 Å². The molecule has 0 spiro atoms. The molecule has 0 unspecified atom stereocenters. The maximum absolute atomic E-state index is 11.3. The third-order valence-corrected chi connectivity index (χ3v) is 4.09. The van der Waals surface area contributed by atoms with Crippen LogP contribution in [0.2, 0.25) is 0 Å². The molecule has 4 heteroatoms. The average molecular weight is 304 g/mol. The summed E-state index contributed by atoms with van der Waals surface area (Å²) >= 11 is 9.84. The van der Waals surface area contributed by atoms with E-state index in [1.165, 1.54) is 7.11 Å². The fourth-order valence-corrected chi connectivity index (χ4v) is 2.80. The predicted molar refractivity (Wildman–Crippen MR) is 66.4 cm³/mol. The van der Waals surface area contributed by atoms with Gasteiger partial charge in [0.05, 0.1) is 17.9 Å². The molecule has 86 valence electrons. The second kappa shape index (κ2) is 4.38. The predicted octanol–water partition coefficient (Wildman–Crippen LogP) is 3.47. The first-order valence-corrected chi connectivity index (χ1v) is 6.25. The molecule has 2 nitrogen and oxygen atoms in total. The standard InChI is InChI=1S/C12H12BrClO2/c1-16-11(15)8-6-12(14,7-8)9-2-4-10(13)5-3-9/h2-5,8H,6-7H2,1H3. The quantitative estimate of drug-likeness (QED) is 0.618. The molecule has 0 atom stereocenters. The Hall–Kier alpha value is -0.540. The average Bonchev–Trinajstić information content (AvgIpc) is 2.25. The molecule has 1 saturated carbocycles. The Labute approximate surface area is 108 Å². The summed E-state index contributed by atoms with van der Waals surface area (Å²) in [5, 5.41) is 0. The summed E-state index contributed by atoms with van der Waals surface area (Å²) in [6.07, 6.45) is 1.31. The van der Waals surface area contributed by atoms with Crippen LogP contribution in [0.4, 0.5) is 0 Å². The first-order valence-electron chi connectivity index (χ1n) is 5.08. The maximum Gasteiger partial charge on any atom is 0.308 e. The van der Waals surface area contributed by atoms with Crippen LogP contribution in [0.15, 0.2) is 28.7 Å². The highest BCUT2D eigenvalue weighted by Gasteiger charge is 2.47. The van der Waals surface area contributed by atoms with E-state index in [-0.39, 0.29) is 16.8 Å². The molecule has 0 aliphatic heterocycles. The lowest BCUT2D eigenvalue weighted by Gasteiger charge is -2.41. The van der Waals surface area contributed by atoms with Crippen molar-refractivity contribution in [1.82, 2.24) is 0 Å². The van der Waals surface area contributed by atoms with Gasteiger partial charge in [-0.05, 0) is 30.5 Å². The van der Waals surface area contributed by atoms with Crippen LogP contribution < -0.4 is 0 Å². The first-order chi connectivity index (χ1) is 7.55. The van der Waals surface area contributed by atoms with E-state index >= 15 is 0 Å². The van der Waals surface area contributed by atoms with Gasteiger partial charge in [0.1, 0.15) is 0 Å². The molecule has 1 aliphatic rings. The Morgan fingerprint density at radius 2 is 2.00 bits per heavy atom. The van der Waals surface area contributed by atoms with Crippen molar-refractivity contribution in [3.63, 3.8) is 0 Å². The van der Waals surface area contributed by atoms with Crippen molar-refractivity contribution in [1.29, 1.82) is 0 Å². The van der Waals surface area contributed by atoms with Gasteiger partial charge in [0, 0.05) is 4.47 Å². The normalized spacial score (nSPS) is 28.3. The molecule has 0 aromatic heterocycles. The summed E-state index contributed by atoms with van der Waals surface area (Å²) in [5.74, 6) is -0.209. The number of hydrogen-bond donors (Lipinski definition) is 0. The fourth-order valence-electron chi connectivity index (χ4n) is 2.04. The van der Waals surface area contributed by atoms with Gasteiger partial charge in [-0.25, -0.2) is 0 Å². The molecule has 0 N–H and O–H groups in total. The highest BCUT2D eigenvalue weighted by atomic mass is 79.9. The molecule has 0 saturated heterocycles. The molecule has 0 amide bonds. The molecular formula is C12H12BrClO2. The van der Waals surface area contributed by atoms with E-state index in [0.29, 0.717) is 12.8 Å². The van der Waals surface area contributed by atoms with E-state index in [2.05, 4.69) is 15.9 Å². The van der Waals surface area contributed by atoms with Crippen molar-refractivity contribution in [2.24, 2.45) is 5.92 Å². The van der Waals surface area contributed by atoms with Crippen LogP contribution in [0, 0.1) is 5.92 Å². The summed E-state index contributed by atoms with van der Waals surface area (Å²) in [7, 11) is 1.41. The summed E-state index contributed by atoms with van der Waals surface area (Å²) in [6.45, 7) is 0. The lowest BCUT2D eigenvalue weighted by molar-refractivity contribution is -0.149. The Morgan fingerprint density at radius 3 is 2.50 bits per heavy atom. The van der Waals surface area contributed by atoms with Gasteiger partial charge < -0.3 is 4.74 Å². The lowest BCUT2D eigenvalue weighted by Crippen LogP contribution is -2.40. The minimum Gasteiger partial charge on any atom is -0.469 e. The van der Waals surface area contributed by atoms with E-state index in [1.807, 2.05) is 24.3 Å². The van der Waals surface area contributed by atoms with E-state index in [4.69, 9.17) is 16.3 Å². The van der Waals surface area contributed by atoms with Gasteiger partial charge in [0.15, 0.2) is 0 Å². The van der Waals surface area contributed by atoms with Crippen LogP contribution in [0.5, 0.6) is 0 Å². The highest BCUT2D eigenvalue weighted by Crippen LogP contribution is 2.51. The van der Waals surface area contributed by atoms with E-state index in [0.717, 1.165) is 10.0 Å². The summed E-state index contributed by atoms with van der Waals surface area (Å²) < 4.78 is 5.73. The number of carbonyl (C=O) groups is 1. The molecule has 0 bridgehead atoms. The largest absolute Gasteiger partial charge is 0.469 e. The van der Waals surface area contributed by atoms with Crippen LogP contribution in [-0.4, -0.2) is 13.1 Å². The Bertz CT molecular complexity index is 396. The molecule has 1 aliphatic carbocycles. The van der Waals surface area contributed by atoms with Crippen LogP contribution >= 0.6 is 27.5 Å². The minimum absolute atomic E-state index is 0.0499. The number of hydrogen-bond acceptors (Lipinski definition) is 2. The zero-order chi connectivity index (χ0) is 11.8. The number of carbonyl (C=O) groups excluding carboxylic acids is 1. The molecule has 1 fully saturated rings. The van der Waals surface area contributed by atoms with Gasteiger partial charge in [-0.1, -0.05) is 28.1 Å². The van der Waals surface area contributed by atoms with Gasteiger partial charge in [0.2, 0.25) is 0 Å². The molecule has 2 rings (SSSR count).